The van der Waals surface area contributed by atoms with E-state index >= 15 is 0 Å². The maximum absolute atomic E-state index is 4.57. The van der Waals surface area contributed by atoms with Gasteiger partial charge < -0.3 is 15.2 Å². The zero-order valence-electron chi connectivity index (χ0n) is 16.4. The van der Waals surface area contributed by atoms with Crippen molar-refractivity contribution in [1.82, 2.24) is 25.4 Å². The predicted molar refractivity (Wildman–Crippen MR) is 118 cm³/mol. The largest absolute Gasteiger partial charge is 0.357 e. The molecule has 144 valence electrons. The third-order valence-corrected chi connectivity index (χ3v) is 4.05. The maximum Gasteiger partial charge on any atom is 0.191 e. The van der Waals surface area contributed by atoms with E-state index in [1.54, 1.807) is 6.33 Å². The highest BCUT2D eigenvalue weighted by Gasteiger charge is 2.12. The highest BCUT2D eigenvalue weighted by molar-refractivity contribution is 14.0. The van der Waals surface area contributed by atoms with Crippen molar-refractivity contribution < 1.29 is 0 Å². The van der Waals surface area contributed by atoms with Crippen molar-refractivity contribution >= 4 is 29.9 Å². The lowest BCUT2D eigenvalue weighted by molar-refractivity contribution is 0.590. The third kappa shape index (κ3) is 6.93. The summed E-state index contributed by atoms with van der Waals surface area (Å²) in [5.41, 5.74) is 2.88. The Hall–Kier alpha value is -1.64. The van der Waals surface area contributed by atoms with Crippen LogP contribution in [0.3, 0.4) is 0 Å². The number of hydrogen-bond donors (Lipinski definition) is 2. The Bertz CT molecular complexity index is 685. The molecule has 0 saturated carbocycles. The lowest BCUT2D eigenvalue weighted by atomic mass is 9.86. The van der Waals surface area contributed by atoms with Crippen molar-refractivity contribution in [2.24, 2.45) is 12.0 Å². The van der Waals surface area contributed by atoms with Crippen molar-refractivity contribution in [1.29, 1.82) is 0 Å². The number of aliphatic imine (C=N–C) groups is 1. The summed E-state index contributed by atoms with van der Waals surface area (Å²) in [6.45, 7) is 10.9. The molecule has 26 heavy (non-hydrogen) atoms. The van der Waals surface area contributed by atoms with Crippen LogP contribution in [0.4, 0.5) is 0 Å². The molecule has 1 heterocycles. The molecule has 0 fully saturated rings. The molecule has 1 aromatic heterocycles. The van der Waals surface area contributed by atoms with Gasteiger partial charge in [0.25, 0.3) is 0 Å². The van der Waals surface area contributed by atoms with Gasteiger partial charge in [-0.2, -0.15) is 0 Å². The molecular weight excluding hydrogens is 439 g/mol. The van der Waals surface area contributed by atoms with Crippen molar-refractivity contribution in [3.05, 3.63) is 47.5 Å². The summed E-state index contributed by atoms with van der Waals surface area (Å²) < 4.78 is 1.88. The molecule has 0 aliphatic carbocycles. The van der Waals surface area contributed by atoms with Crippen LogP contribution in [0.15, 0.2) is 35.6 Å². The first-order valence-electron chi connectivity index (χ1n) is 8.84. The Morgan fingerprint density at radius 1 is 1.15 bits per heavy atom. The standard InChI is InChI=1S/C19H30N6.HI/c1-6-20-18(22-13-17-24-23-14-25(17)5)21-12-11-15-7-9-16(10-8-15)19(2,3)4;/h7-10,14H,6,11-13H2,1-5H3,(H2,20,21,22);1H. The van der Waals surface area contributed by atoms with Crippen LogP contribution in [0.25, 0.3) is 0 Å². The van der Waals surface area contributed by atoms with Crippen LogP contribution in [-0.4, -0.2) is 33.8 Å². The molecule has 0 atom stereocenters. The number of aryl methyl sites for hydroxylation is 1. The number of halogens is 1. The van der Waals surface area contributed by atoms with Crippen LogP contribution in [0.2, 0.25) is 0 Å². The first-order chi connectivity index (χ1) is 11.9. The fraction of sp³-hybridized carbons (Fsp3) is 0.526. The summed E-state index contributed by atoms with van der Waals surface area (Å²) in [5.74, 6) is 1.65. The van der Waals surface area contributed by atoms with Crippen LogP contribution in [0, 0.1) is 0 Å². The fourth-order valence-electron chi connectivity index (χ4n) is 2.44. The molecular formula is C19H31IN6. The molecule has 0 amide bonds. The Labute approximate surface area is 173 Å². The number of hydrogen-bond acceptors (Lipinski definition) is 3. The second kappa shape index (κ2) is 10.5. The van der Waals surface area contributed by atoms with Crippen LogP contribution >= 0.6 is 24.0 Å². The van der Waals surface area contributed by atoms with Crippen molar-refractivity contribution in [3.8, 4) is 0 Å². The van der Waals surface area contributed by atoms with E-state index in [1.165, 1.54) is 11.1 Å². The highest BCUT2D eigenvalue weighted by Crippen LogP contribution is 2.22. The number of benzene rings is 1. The molecule has 2 aromatic rings. The van der Waals surface area contributed by atoms with Gasteiger partial charge in [-0.3, -0.25) is 0 Å². The number of nitrogens with one attached hydrogen (secondary N) is 2. The Kier molecular flexibility index (Phi) is 9.04. The van der Waals surface area contributed by atoms with Gasteiger partial charge in [-0.25, -0.2) is 4.99 Å². The summed E-state index contributed by atoms with van der Waals surface area (Å²) in [5, 5.41) is 14.6. The van der Waals surface area contributed by atoms with Crippen LogP contribution in [0.1, 0.15) is 44.6 Å². The number of rotatable bonds is 6. The predicted octanol–water partition coefficient (Wildman–Crippen LogP) is 3.03. The third-order valence-electron chi connectivity index (χ3n) is 4.05. The molecule has 0 unspecified atom stereocenters. The number of nitrogens with zero attached hydrogens (tertiary/aromatic N) is 4. The second-order valence-electron chi connectivity index (χ2n) is 7.18. The van der Waals surface area contributed by atoms with Crippen molar-refractivity contribution in [3.63, 3.8) is 0 Å². The fourth-order valence-corrected chi connectivity index (χ4v) is 2.44. The van der Waals surface area contributed by atoms with E-state index in [4.69, 9.17) is 0 Å². The SMILES string of the molecule is CCNC(=NCc1nncn1C)NCCc1ccc(C(C)(C)C)cc1.I. The van der Waals surface area contributed by atoms with Crippen LogP contribution in [-0.2, 0) is 25.4 Å². The van der Waals surface area contributed by atoms with Crippen molar-refractivity contribution in [2.75, 3.05) is 13.1 Å². The summed E-state index contributed by atoms with van der Waals surface area (Å²) >= 11 is 0. The molecule has 6 nitrogen and oxygen atoms in total. The molecule has 0 bridgehead atoms. The average Bonchev–Trinajstić information content (AvgIpc) is 2.97. The van der Waals surface area contributed by atoms with E-state index < -0.39 is 0 Å². The van der Waals surface area contributed by atoms with E-state index in [0.717, 1.165) is 31.3 Å². The van der Waals surface area contributed by atoms with Gasteiger partial charge >= 0.3 is 0 Å². The van der Waals surface area contributed by atoms with Crippen LogP contribution in [0.5, 0.6) is 0 Å². The van der Waals surface area contributed by atoms with E-state index in [-0.39, 0.29) is 29.4 Å². The molecule has 0 aliphatic heterocycles. The summed E-state index contributed by atoms with van der Waals surface area (Å²) in [4.78, 5) is 4.57. The number of guanidine groups is 1. The first kappa shape index (κ1) is 22.4. The molecule has 0 radical (unpaired) electrons. The lowest BCUT2D eigenvalue weighted by Gasteiger charge is -2.19. The summed E-state index contributed by atoms with van der Waals surface area (Å²) in [6.07, 6.45) is 2.64. The van der Waals surface area contributed by atoms with Crippen molar-refractivity contribution in [2.45, 2.75) is 46.1 Å². The molecule has 0 saturated heterocycles. The summed E-state index contributed by atoms with van der Waals surface area (Å²) in [6, 6.07) is 8.88. The minimum absolute atomic E-state index is 0. The zero-order chi connectivity index (χ0) is 18.3. The second-order valence-corrected chi connectivity index (χ2v) is 7.18. The minimum atomic E-state index is 0. The normalized spacial score (nSPS) is 11.8. The van der Waals surface area contributed by atoms with E-state index in [2.05, 4.69) is 77.8 Å². The van der Waals surface area contributed by atoms with Gasteiger partial charge in [-0.1, -0.05) is 45.0 Å². The first-order valence-corrected chi connectivity index (χ1v) is 8.84. The smallest absolute Gasteiger partial charge is 0.191 e. The topological polar surface area (TPSA) is 67.1 Å². The van der Waals surface area contributed by atoms with Gasteiger partial charge in [0.1, 0.15) is 12.9 Å². The Balaban J connectivity index is 0.00000338. The van der Waals surface area contributed by atoms with E-state index in [9.17, 15) is 0 Å². The van der Waals surface area contributed by atoms with Gasteiger partial charge in [-0.05, 0) is 29.9 Å². The Morgan fingerprint density at radius 3 is 2.38 bits per heavy atom. The monoisotopic (exact) mass is 470 g/mol. The average molecular weight is 470 g/mol. The highest BCUT2D eigenvalue weighted by atomic mass is 127. The van der Waals surface area contributed by atoms with Gasteiger partial charge in [0.2, 0.25) is 0 Å². The maximum atomic E-state index is 4.57. The molecule has 1 aromatic carbocycles. The van der Waals surface area contributed by atoms with Gasteiger partial charge in [-0.15, -0.1) is 34.2 Å². The molecule has 2 N–H and O–H groups in total. The number of aromatic nitrogens is 3. The quantitative estimate of drug-likeness (QED) is 0.387. The lowest BCUT2D eigenvalue weighted by Crippen LogP contribution is -2.38. The zero-order valence-corrected chi connectivity index (χ0v) is 18.7. The van der Waals surface area contributed by atoms with Crippen LogP contribution < -0.4 is 10.6 Å². The van der Waals surface area contributed by atoms with Gasteiger partial charge in [0, 0.05) is 20.1 Å². The molecule has 0 spiro atoms. The van der Waals surface area contributed by atoms with E-state index in [0.29, 0.717) is 6.54 Å². The van der Waals surface area contributed by atoms with Gasteiger partial charge in [0.15, 0.2) is 11.8 Å². The molecule has 7 heteroatoms. The molecule has 2 rings (SSSR count). The molecule has 0 aliphatic rings. The summed E-state index contributed by atoms with van der Waals surface area (Å²) in [7, 11) is 1.92. The minimum Gasteiger partial charge on any atom is -0.357 e. The van der Waals surface area contributed by atoms with E-state index in [1.807, 2.05) is 11.6 Å². The van der Waals surface area contributed by atoms with Gasteiger partial charge in [0.05, 0.1) is 0 Å². The Morgan fingerprint density at radius 2 is 1.85 bits per heavy atom.